The predicted molar refractivity (Wildman–Crippen MR) is 359 cm³/mol. The van der Waals surface area contributed by atoms with E-state index in [0.29, 0.717) is 6.42 Å². The smallest absolute Gasteiger partial charge is 0.220 e. The van der Waals surface area contributed by atoms with Gasteiger partial charge in [-0.15, -0.1) is 0 Å². The Balaban J connectivity index is 2.18. The first-order chi connectivity index (χ1) is 41.3. The van der Waals surface area contributed by atoms with Gasteiger partial charge in [-0.05, 0) is 96.3 Å². The Bertz CT molecular complexity index is 1690. The number of unbranched alkanes of at least 4 members (excludes halogenated alkanes) is 34. The van der Waals surface area contributed by atoms with E-state index in [9.17, 15) is 30.3 Å². The van der Waals surface area contributed by atoms with Gasteiger partial charge in [0.15, 0.2) is 6.29 Å². The zero-order valence-corrected chi connectivity index (χ0v) is 54.1. The van der Waals surface area contributed by atoms with Crippen LogP contribution in [0, 0.1) is 0 Å². The van der Waals surface area contributed by atoms with Gasteiger partial charge in [0.1, 0.15) is 24.4 Å². The summed E-state index contributed by atoms with van der Waals surface area (Å²) in [7, 11) is 0. The fourth-order valence-electron chi connectivity index (χ4n) is 10.6. The zero-order chi connectivity index (χ0) is 60.7. The molecule has 6 N–H and O–H groups in total. The third-order valence-corrected chi connectivity index (χ3v) is 16.1. The van der Waals surface area contributed by atoms with E-state index in [1.54, 1.807) is 6.08 Å². The van der Waals surface area contributed by atoms with Crippen molar-refractivity contribution in [1.82, 2.24) is 5.32 Å². The van der Waals surface area contributed by atoms with E-state index in [1.807, 2.05) is 6.08 Å². The molecule has 7 atom stereocenters. The standard InChI is InChI=1S/C75H131NO8/c1-3-5-7-9-11-13-15-17-19-21-23-25-27-29-31-33-35-37-39-41-43-45-47-49-51-53-55-57-59-61-63-65-71(79)76-68(67-83-75-74(82)73(81)72(80)70(66-77)84-75)69(78)64-62-60-58-56-54-52-50-48-46-44-42-40-38-36-34-32-30-28-26-24-22-20-18-16-14-12-10-8-6-4-2/h5,7,11,13,17,19,23,25,29,31,35,37,46,48,54,56,62,64,68-70,72-75,77-78,80-82H,3-4,6,8-10,12,14-16,18,20-22,24,26-28,30,32-34,36,38-45,47,49-53,55,57-61,63,65-67H2,1-2H3,(H,76,79)/b7-5-,13-11-,19-17-,25-23-,31-29-,37-35-,48-46+,56-54+,64-62+. The van der Waals surface area contributed by atoms with E-state index in [1.165, 1.54) is 199 Å². The normalized spacial score (nSPS) is 18.9. The molecular weight excluding hydrogens is 1040 g/mol. The number of allylic oxidation sites excluding steroid dienone is 17. The maximum Gasteiger partial charge on any atom is 0.220 e. The Morgan fingerprint density at radius 2 is 0.750 bits per heavy atom. The lowest BCUT2D eigenvalue weighted by molar-refractivity contribution is -0.302. The van der Waals surface area contributed by atoms with Crippen molar-refractivity contribution in [2.45, 2.75) is 346 Å². The molecule has 484 valence electrons. The number of carbonyl (C=O) groups is 1. The highest BCUT2D eigenvalue weighted by atomic mass is 16.7. The predicted octanol–water partition coefficient (Wildman–Crippen LogP) is 19.2. The summed E-state index contributed by atoms with van der Waals surface area (Å²) < 4.78 is 11.3. The highest BCUT2D eigenvalue weighted by Crippen LogP contribution is 2.23. The highest BCUT2D eigenvalue weighted by molar-refractivity contribution is 5.76. The number of hydrogen-bond acceptors (Lipinski definition) is 8. The van der Waals surface area contributed by atoms with Crippen LogP contribution in [0.15, 0.2) is 109 Å². The number of aliphatic hydroxyl groups excluding tert-OH is 5. The van der Waals surface area contributed by atoms with Crippen LogP contribution in [-0.2, 0) is 14.3 Å². The number of amides is 1. The Hall–Kier alpha value is -3.15. The molecule has 0 aliphatic carbocycles. The van der Waals surface area contributed by atoms with Crippen molar-refractivity contribution < 1.29 is 39.8 Å². The number of rotatable bonds is 60. The van der Waals surface area contributed by atoms with Gasteiger partial charge in [0.25, 0.3) is 0 Å². The lowest BCUT2D eigenvalue weighted by Gasteiger charge is -2.40. The molecule has 1 amide bonds. The first-order valence-corrected chi connectivity index (χ1v) is 35.1. The van der Waals surface area contributed by atoms with E-state index < -0.39 is 49.5 Å². The van der Waals surface area contributed by atoms with E-state index in [4.69, 9.17) is 9.47 Å². The van der Waals surface area contributed by atoms with Crippen LogP contribution in [-0.4, -0.2) is 87.5 Å². The van der Waals surface area contributed by atoms with E-state index in [-0.39, 0.29) is 12.5 Å². The van der Waals surface area contributed by atoms with Crippen molar-refractivity contribution in [3.8, 4) is 0 Å². The molecule has 1 aliphatic rings. The second-order valence-electron chi connectivity index (χ2n) is 23.9. The molecule has 0 bridgehead atoms. The number of hydrogen-bond donors (Lipinski definition) is 6. The molecule has 0 radical (unpaired) electrons. The monoisotopic (exact) mass is 1170 g/mol. The lowest BCUT2D eigenvalue weighted by Crippen LogP contribution is -2.60. The van der Waals surface area contributed by atoms with E-state index in [2.05, 4.69) is 116 Å². The van der Waals surface area contributed by atoms with Crippen molar-refractivity contribution in [3.05, 3.63) is 109 Å². The molecule has 0 saturated carbocycles. The van der Waals surface area contributed by atoms with Crippen LogP contribution in [0.2, 0.25) is 0 Å². The molecule has 1 heterocycles. The van der Waals surface area contributed by atoms with Gasteiger partial charge in [0, 0.05) is 6.42 Å². The summed E-state index contributed by atoms with van der Waals surface area (Å²) in [5.74, 6) is -0.195. The van der Waals surface area contributed by atoms with Crippen molar-refractivity contribution >= 4 is 5.91 Å². The zero-order valence-electron chi connectivity index (χ0n) is 54.1. The molecule has 9 nitrogen and oxygen atoms in total. The topological polar surface area (TPSA) is 149 Å². The third kappa shape index (κ3) is 50.9. The molecule has 1 fully saturated rings. The van der Waals surface area contributed by atoms with Gasteiger partial charge in [0.2, 0.25) is 5.91 Å². The Kier molecular flexibility index (Phi) is 59.0. The Morgan fingerprint density at radius 1 is 0.417 bits per heavy atom. The molecule has 0 aromatic carbocycles. The van der Waals surface area contributed by atoms with E-state index >= 15 is 0 Å². The number of aliphatic hydroxyl groups is 5. The third-order valence-electron chi connectivity index (χ3n) is 16.1. The summed E-state index contributed by atoms with van der Waals surface area (Å²) in [5.41, 5.74) is 0. The van der Waals surface area contributed by atoms with Gasteiger partial charge >= 0.3 is 0 Å². The molecule has 1 rings (SSSR count). The van der Waals surface area contributed by atoms with Gasteiger partial charge in [-0.1, -0.05) is 309 Å². The summed E-state index contributed by atoms with van der Waals surface area (Å²) in [4.78, 5) is 13.1. The largest absolute Gasteiger partial charge is 0.394 e. The second kappa shape index (κ2) is 62.9. The molecule has 0 aromatic heterocycles. The van der Waals surface area contributed by atoms with Crippen LogP contribution in [0.4, 0.5) is 0 Å². The van der Waals surface area contributed by atoms with Gasteiger partial charge in [-0.25, -0.2) is 0 Å². The molecule has 84 heavy (non-hydrogen) atoms. The fraction of sp³-hybridized carbons (Fsp3) is 0.747. The van der Waals surface area contributed by atoms with E-state index in [0.717, 1.165) is 83.5 Å². The van der Waals surface area contributed by atoms with Crippen LogP contribution in [0.1, 0.15) is 303 Å². The van der Waals surface area contributed by atoms with Crippen molar-refractivity contribution in [2.75, 3.05) is 13.2 Å². The quantitative estimate of drug-likeness (QED) is 0.0261. The van der Waals surface area contributed by atoms with Gasteiger partial charge in [-0.2, -0.15) is 0 Å². The summed E-state index contributed by atoms with van der Waals surface area (Å²) in [6, 6.07) is -0.838. The summed E-state index contributed by atoms with van der Waals surface area (Å²) in [5, 5.41) is 54.7. The molecule has 7 unspecified atom stereocenters. The fourth-order valence-corrected chi connectivity index (χ4v) is 10.6. The van der Waals surface area contributed by atoms with Crippen LogP contribution in [0.3, 0.4) is 0 Å². The first-order valence-electron chi connectivity index (χ1n) is 35.1. The van der Waals surface area contributed by atoms with Gasteiger partial charge in [0.05, 0.1) is 25.4 Å². The first kappa shape index (κ1) is 78.9. The summed E-state index contributed by atoms with van der Waals surface area (Å²) in [6.45, 7) is 3.67. The maximum absolute atomic E-state index is 13.1. The number of ether oxygens (including phenoxy) is 2. The van der Waals surface area contributed by atoms with Crippen LogP contribution < -0.4 is 5.32 Å². The molecular formula is C75H131NO8. The van der Waals surface area contributed by atoms with Gasteiger partial charge in [-0.3, -0.25) is 4.79 Å². The number of carbonyl (C=O) groups excluding carboxylic acids is 1. The Morgan fingerprint density at radius 3 is 1.14 bits per heavy atom. The molecule has 1 saturated heterocycles. The molecule has 1 aliphatic heterocycles. The summed E-state index contributed by atoms with van der Waals surface area (Å²) in [6.07, 6.45) is 86.2. The second-order valence-corrected chi connectivity index (χ2v) is 23.9. The van der Waals surface area contributed by atoms with Crippen LogP contribution in [0.5, 0.6) is 0 Å². The minimum Gasteiger partial charge on any atom is -0.394 e. The van der Waals surface area contributed by atoms with Crippen molar-refractivity contribution in [1.29, 1.82) is 0 Å². The minimum atomic E-state index is -1.58. The maximum atomic E-state index is 13.1. The molecule has 9 heteroatoms. The highest BCUT2D eigenvalue weighted by Gasteiger charge is 2.44. The van der Waals surface area contributed by atoms with Gasteiger partial charge < -0.3 is 40.3 Å². The van der Waals surface area contributed by atoms with Crippen molar-refractivity contribution in [3.63, 3.8) is 0 Å². The molecule has 0 spiro atoms. The average Bonchev–Trinajstić information content (AvgIpc) is 3.70. The minimum absolute atomic E-state index is 0.195. The average molecular weight is 1170 g/mol. The molecule has 0 aromatic rings. The summed E-state index contributed by atoms with van der Waals surface area (Å²) >= 11 is 0. The van der Waals surface area contributed by atoms with Crippen molar-refractivity contribution in [2.24, 2.45) is 0 Å². The number of nitrogens with one attached hydrogen (secondary N) is 1. The SMILES string of the molecule is CC/C=C\C/C=C\C/C=C\C/C=C\C/C=C\C/C=C\CCCCCCCCCCCCCCC(=O)NC(COC1OC(CO)C(O)C(O)C1O)C(O)/C=C/CC/C=C/CC/C=C/CCCCCCCCCCCCCCCCCCCCCC. The Labute approximate surface area is 516 Å². The van der Waals surface area contributed by atoms with Crippen LogP contribution >= 0.6 is 0 Å². The lowest BCUT2D eigenvalue weighted by atomic mass is 9.99. The van der Waals surface area contributed by atoms with Crippen LogP contribution in [0.25, 0.3) is 0 Å².